The van der Waals surface area contributed by atoms with Crippen LogP contribution in [-0.2, 0) is 9.53 Å². The van der Waals surface area contributed by atoms with Crippen LogP contribution in [0.1, 0.15) is 32.1 Å². The van der Waals surface area contributed by atoms with E-state index in [1.165, 1.54) is 6.42 Å². The first-order valence-corrected chi connectivity index (χ1v) is 6.70. The van der Waals surface area contributed by atoms with Crippen LogP contribution >= 0.6 is 24.2 Å². The lowest BCUT2D eigenvalue weighted by Crippen LogP contribution is -2.54. The van der Waals surface area contributed by atoms with Crippen molar-refractivity contribution in [3.05, 3.63) is 0 Å². The van der Waals surface area contributed by atoms with Crippen LogP contribution < -0.4 is 0 Å². The first-order valence-electron chi connectivity index (χ1n) is 5.72. The van der Waals surface area contributed by atoms with Crippen LogP contribution in [0.25, 0.3) is 0 Å². The average Bonchev–Trinajstić information content (AvgIpc) is 2.40. The van der Waals surface area contributed by atoms with E-state index in [2.05, 4.69) is 4.90 Å². The molecule has 94 valence electrons. The van der Waals surface area contributed by atoms with Gasteiger partial charge in [-0.3, -0.25) is 4.79 Å². The number of hydrogen-bond donors (Lipinski definition) is 0. The van der Waals surface area contributed by atoms with Gasteiger partial charge in [-0.15, -0.1) is 24.2 Å². The lowest BCUT2D eigenvalue weighted by atomic mass is 10.0. The monoisotopic (exact) mass is 265 g/mol. The van der Waals surface area contributed by atoms with Gasteiger partial charge in [-0.2, -0.15) is 0 Å². The minimum Gasteiger partial charge on any atom is -0.381 e. The highest BCUT2D eigenvalue weighted by molar-refractivity contribution is 8.00. The topological polar surface area (TPSA) is 29.5 Å². The quantitative estimate of drug-likeness (QED) is 0.767. The molecule has 2 aliphatic heterocycles. The second kappa shape index (κ2) is 6.12. The summed E-state index contributed by atoms with van der Waals surface area (Å²) in [5.41, 5.74) is 0. The summed E-state index contributed by atoms with van der Waals surface area (Å²) in [7, 11) is 1.73. The maximum atomic E-state index is 12.0. The standard InChI is InChI=1S/C11H19NO2S.ClH/c1-14-9-11-6-2-3-7-12(11)10(13)5-4-8-15-11;/h2-9H2,1H3;1H. The van der Waals surface area contributed by atoms with Crippen molar-refractivity contribution >= 4 is 30.1 Å². The van der Waals surface area contributed by atoms with E-state index in [4.69, 9.17) is 4.74 Å². The molecular weight excluding hydrogens is 246 g/mol. The van der Waals surface area contributed by atoms with E-state index in [1.807, 2.05) is 11.8 Å². The van der Waals surface area contributed by atoms with Crippen molar-refractivity contribution in [1.82, 2.24) is 4.90 Å². The molecule has 5 heteroatoms. The molecule has 1 unspecified atom stereocenters. The summed E-state index contributed by atoms with van der Waals surface area (Å²) >= 11 is 1.92. The van der Waals surface area contributed by atoms with E-state index in [1.54, 1.807) is 7.11 Å². The maximum Gasteiger partial charge on any atom is 0.223 e. The number of carbonyl (C=O) groups excluding carboxylic acids is 1. The summed E-state index contributed by atoms with van der Waals surface area (Å²) in [4.78, 5) is 14.0. The zero-order chi connectivity index (χ0) is 10.7. The number of carbonyl (C=O) groups is 1. The first-order chi connectivity index (χ1) is 7.28. The van der Waals surface area contributed by atoms with Gasteiger partial charge in [0.15, 0.2) is 0 Å². The molecule has 3 nitrogen and oxygen atoms in total. The highest BCUT2D eigenvalue weighted by atomic mass is 35.5. The van der Waals surface area contributed by atoms with Crippen LogP contribution in [0.4, 0.5) is 0 Å². The molecule has 16 heavy (non-hydrogen) atoms. The molecule has 2 saturated heterocycles. The largest absolute Gasteiger partial charge is 0.381 e. The molecule has 0 spiro atoms. The number of halogens is 1. The minimum atomic E-state index is -0.0411. The van der Waals surface area contributed by atoms with Crippen molar-refractivity contribution in [1.29, 1.82) is 0 Å². The fraction of sp³-hybridized carbons (Fsp3) is 0.909. The number of amides is 1. The van der Waals surface area contributed by atoms with Crippen molar-refractivity contribution in [2.75, 3.05) is 26.0 Å². The number of thioether (sulfide) groups is 1. The van der Waals surface area contributed by atoms with Gasteiger partial charge in [-0.25, -0.2) is 0 Å². The Balaban J connectivity index is 0.00000128. The molecular formula is C11H20ClNO2S. The van der Waals surface area contributed by atoms with Crippen LogP contribution in [-0.4, -0.2) is 41.7 Å². The lowest BCUT2D eigenvalue weighted by Gasteiger charge is -2.45. The van der Waals surface area contributed by atoms with Crippen LogP contribution in [0.15, 0.2) is 0 Å². The van der Waals surface area contributed by atoms with Crippen LogP contribution in [0.2, 0.25) is 0 Å². The van der Waals surface area contributed by atoms with Gasteiger partial charge in [0.05, 0.1) is 6.61 Å². The predicted octanol–water partition coefficient (Wildman–Crippen LogP) is 2.29. The van der Waals surface area contributed by atoms with E-state index in [9.17, 15) is 4.79 Å². The number of hydrogen-bond acceptors (Lipinski definition) is 3. The van der Waals surface area contributed by atoms with Crippen LogP contribution in [0.3, 0.4) is 0 Å². The highest BCUT2D eigenvalue weighted by Crippen LogP contribution is 2.41. The number of ether oxygens (including phenoxy) is 1. The van der Waals surface area contributed by atoms with Gasteiger partial charge in [-0.05, 0) is 31.4 Å². The number of nitrogens with zero attached hydrogens (tertiary/aromatic N) is 1. The fourth-order valence-electron chi connectivity index (χ4n) is 2.55. The van der Waals surface area contributed by atoms with Gasteiger partial charge in [0, 0.05) is 20.1 Å². The Morgan fingerprint density at radius 3 is 3.00 bits per heavy atom. The van der Waals surface area contributed by atoms with Gasteiger partial charge < -0.3 is 9.64 Å². The third kappa shape index (κ3) is 2.66. The van der Waals surface area contributed by atoms with Gasteiger partial charge in [0.2, 0.25) is 5.91 Å². The Morgan fingerprint density at radius 1 is 1.44 bits per heavy atom. The lowest BCUT2D eigenvalue weighted by molar-refractivity contribution is -0.137. The van der Waals surface area contributed by atoms with E-state index in [-0.39, 0.29) is 17.3 Å². The summed E-state index contributed by atoms with van der Waals surface area (Å²) in [5.74, 6) is 1.42. The molecule has 1 amide bonds. The zero-order valence-electron chi connectivity index (χ0n) is 9.74. The molecule has 2 fully saturated rings. The number of methoxy groups -OCH3 is 1. The Morgan fingerprint density at radius 2 is 2.25 bits per heavy atom. The smallest absolute Gasteiger partial charge is 0.223 e. The fourth-order valence-corrected chi connectivity index (χ4v) is 4.06. The summed E-state index contributed by atoms with van der Waals surface area (Å²) in [6, 6.07) is 0. The van der Waals surface area contributed by atoms with E-state index < -0.39 is 0 Å². The summed E-state index contributed by atoms with van der Waals surface area (Å²) in [6.07, 6.45) is 5.21. The van der Waals surface area contributed by atoms with Crippen LogP contribution in [0, 0.1) is 0 Å². The molecule has 2 heterocycles. The second-order valence-corrected chi connectivity index (χ2v) is 5.79. The normalized spacial score (nSPS) is 30.3. The molecule has 0 aromatic heterocycles. The van der Waals surface area contributed by atoms with Crippen LogP contribution in [0.5, 0.6) is 0 Å². The third-order valence-electron chi connectivity index (χ3n) is 3.27. The molecule has 1 atom stereocenters. The van der Waals surface area contributed by atoms with E-state index >= 15 is 0 Å². The molecule has 0 radical (unpaired) electrons. The molecule has 0 aliphatic carbocycles. The first kappa shape index (κ1) is 14.1. The van der Waals surface area contributed by atoms with Crippen molar-refractivity contribution in [2.24, 2.45) is 0 Å². The van der Waals surface area contributed by atoms with Gasteiger partial charge in [-0.1, -0.05) is 0 Å². The zero-order valence-corrected chi connectivity index (χ0v) is 11.4. The molecule has 2 aliphatic rings. The average molecular weight is 266 g/mol. The molecule has 0 N–H and O–H groups in total. The van der Waals surface area contributed by atoms with E-state index in [0.717, 1.165) is 38.0 Å². The van der Waals surface area contributed by atoms with E-state index in [0.29, 0.717) is 12.5 Å². The van der Waals surface area contributed by atoms with Crippen molar-refractivity contribution in [3.8, 4) is 0 Å². The molecule has 0 bridgehead atoms. The molecule has 0 aromatic rings. The Bertz CT molecular complexity index is 248. The maximum absolute atomic E-state index is 12.0. The number of piperidine rings is 1. The van der Waals surface area contributed by atoms with Gasteiger partial charge >= 0.3 is 0 Å². The Hall–Kier alpha value is 0.0700. The minimum absolute atomic E-state index is 0. The molecule has 0 saturated carbocycles. The summed E-state index contributed by atoms with van der Waals surface area (Å²) in [5, 5.41) is 0. The Kier molecular flexibility index (Phi) is 5.41. The molecule has 2 rings (SSSR count). The number of fused-ring (bicyclic) bond motifs is 1. The van der Waals surface area contributed by atoms with Crippen molar-refractivity contribution in [2.45, 2.75) is 37.0 Å². The van der Waals surface area contributed by atoms with Crippen molar-refractivity contribution in [3.63, 3.8) is 0 Å². The predicted molar refractivity (Wildman–Crippen MR) is 69.1 cm³/mol. The van der Waals surface area contributed by atoms with Gasteiger partial charge in [0.1, 0.15) is 4.87 Å². The SMILES string of the molecule is COCC12CCCCN1C(=O)CCCS2.Cl. The highest BCUT2D eigenvalue weighted by Gasteiger charge is 2.43. The summed E-state index contributed by atoms with van der Waals surface area (Å²) < 4.78 is 5.33. The second-order valence-electron chi connectivity index (χ2n) is 4.33. The third-order valence-corrected chi connectivity index (χ3v) is 4.84. The summed E-state index contributed by atoms with van der Waals surface area (Å²) in [6.45, 7) is 1.61. The Labute approximate surface area is 108 Å². The van der Waals surface area contributed by atoms with Crippen molar-refractivity contribution < 1.29 is 9.53 Å². The molecule has 0 aromatic carbocycles. The van der Waals surface area contributed by atoms with Gasteiger partial charge in [0.25, 0.3) is 0 Å². The number of rotatable bonds is 2.